The van der Waals surface area contributed by atoms with Gasteiger partial charge in [-0.05, 0) is 24.3 Å². The number of hydrogen-bond donors (Lipinski definition) is 3. The van der Waals surface area contributed by atoms with Crippen molar-refractivity contribution >= 4 is 35.0 Å². The molecule has 3 N–H and O–H groups in total. The molecule has 3 amide bonds. The van der Waals surface area contributed by atoms with E-state index in [2.05, 4.69) is 16.0 Å². The Labute approximate surface area is 171 Å². The molecule has 0 aliphatic heterocycles. The summed E-state index contributed by atoms with van der Waals surface area (Å²) in [6.07, 6.45) is 0.739. The molecule has 0 spiro atoms. The van der Waals surface area contributed by atoms with Crippen LogP contribution in [-0.4, -0.2) is 42.8 Å². The summed E-state index contributed by atoms with van der Waals surface area (Å²) in [6.45, 7) is -0.679. The lowest BCUT2D eigenvalue weighted by Gasteiger charge is -2.18. The van der Waals surface area contributed by atoms with E-state index in [1.165, 1.54) is 11.3 Å². The predicted octanol–water partition coefficient (Wildman–Crippen LogP) is 1.16. The Morgan fingerprint density at radius 1 is 1.00 bits per heavy atom. The van der Waals surface area contributed by atoms with Gasteiger partial charge in [-0.1, -0.05) is 36.4 Å². The van der Waals surface area contributed by atoms with Crippen molar-refractivity contribution in [2.24, 2.45) is 0 Å². The van der Waals surface area contributed by atoms with Crippen molar-refractivity contribution in [1.82, 2.24) is 16.0 Å². The van der Waals surface area contributed by atoms with Gasteiger partial charge in [-0.25, -0.2) is 0 Å². The smallest absolute Gasteiger partial charge is 0.326 e. The third-order valence-corrected chi connectivity index (χ3v) is 4.97. The highest BCUT2D eigenvalue weighted by molar-refractivity contribution is 7.12. The third kappa shape index (κ3) is 6.42. The number of ether oxygens (including phenoxy) is 1. The van der Waals surface area contributed by atoms with E-state index in [-0.39, 0.29) is 24.4 Å². The normalized spacial score (nSPS) is 13.8. The molecule has 0 radical (unpaired) electrons. The van der Waals surface area contributed by atoms with Crippen molar-refractivity contribution in [2.75, 3.05) is 13.1 Å². The molecular formula is C20H21N3O5S. The Kier molecular flexibility index (Phi) is 6.96. The highest BCUT2D eigenvalue weighted by atomic mass is 32.1. The number of nitrogens with one attached hydrogen (secondary N) is 3. The zero-order valence-electron chi connectivity index (χ0n) is 15.6. The van der Waals surface area contributed by atoms with E-state index >= 15 is 0 Å². The average molecular weight is 415 g/mol. The van der Waals surface area contributed by atoms with Crippen molar-refractivity contribution in [3.8, 4) is 0 Å². The maximum Gasteiger partial charge on any atom is 0.326 e. The first kappa shape index (κ1) is 20.5. The summed E-state index contributed by atoms with van der Waals surface area (Å²) in [6, 6.07) is 12.2. The summed E-state index contributed by atoms with van der Waals surface area (Å²) >= 11 is 1.26. The van der Waals surface area contributed by atoms with Crippen LogP contribution in [0.1, 0.15) is 34.2 Å². The molecule has 0 bridgehead atoms. The van der Waals surface area contributed by atoms with Crippen molar-refractivity contribution in [2.45, 2.75) is 25.0 Å². The molecule has 0 saturated heterocycles. The summed E-state index contributed by atoms with van der Waals surface area (Å²) in [5, 5.41) is 9.42. The van der Waals surface area contributed by atoms with Gasteiger partial charge in [0.1, 0.15) is 6.54 Å². The van der Waals surface area contributed by atoms with Gasteiger partial charge in [0.25, 0.3) is 11.8 Å². The Bertz CT molecular complexity index is 866. The minimum atomic E-state index is -1.08. The van der Waals surface area contributed by atoms with Crippen LogP contribution < -0.4 is 16.0 Å². The summed E-state index contributed by atoms with van der Waals surface area (Å²) in [5.41, 5.74) is 0.550. The van der Waals surface area contributed by atoms with Crippen LogP contribution in [0.3, 0.4) is 0 Å². The second-order valence-corrected chi connectivity index (χ2v) is 7.45. The third-order valence-electron chi connectivity index (χ3n) is 4.10. The highest BCUT2D eigenvalue weighted by Gasteiger charge is 2.30. The zero-order valence-corrected chi connectivity index (χ0v) is 16.4. The first-order chi connectivity index (χ1) is 14.0. The first-order valence-corrected chi connectivity index (χ1v) is 10.0. The highest BCUT2D eigenvalue weighted by Crippen LogP contribution is 2.23. The molecule has 3 rings (SSSR count). The topological polar surface area (TPSA) is 114 Å². The second-order valence-electron chi connectivity index (χ2n) is 6.50. The van der Waals surface area contributed by atoms with Gasteiger partial charge < -0.3 is 20.7 Å². The minimum absolute atomic E-state index is 0.124. The molecule has 0 unspecified atom stereocenters. The molecule has 1 aliphatic carbocycles. The van der Waals surface area contributed by atoms with Crippen LogP contribution in [0.15, 0.2) is 47.8 Å². The number of thiophene rings is 1. The molecule has 152 valence electrons. The Morgan fingerprint density at radius 3 is 2.41 bits per heavy atom. The van der Waals surface area contributed by atoms with Crippen LogP contribution in [0, 0.1) is 0 Å². The molecular weight excluding hydrogens is 394 g/mol. The van der Waals surface area contributed by atoms with E-state index in [4.69, 9.17) is 4.74 Å². The van der Waals surface area contributed by atoms with Gasteiger partial charge >= 0.3 is 5.97 Å². The Hall–Kier alpha value is -3.20. The van der Waals surface area contributed by atoms with Crippen LogP contribution in [0.2, 0.25) is 0 Å². The first-order valence-electron chi connectivity index (χ1n) is 9.16. The number of esters is 1. The molecule has 29 heavy (non-hydrogen) atoms. The van der Waals surface area contributed by atoms with E-state index in [0.717, 1.165) is 12.8 Å². The Morgan fingerprint density at radius 2 is 1.76 bits per heavy atom. The standard InChI is InChI=1S/C20H21N3O5S/c24-16(11-22-19(26)15-7-4-10-29-15)21-12-17(25)28-18(13-5-2-1-3-6-13)20(27)23-14-8-9-14/h1-7,10,14,18H,8-9,11-12H2,(H,21,24)(H,22,26)(H,23,27)/t18-/m1/s1. The van der Waals surface area contributed by atoms with E-state index in [0.29, 0.717) is 10.4 Å². The SMILES string of the molecule is O=C(CNC(=O)c1cccs1)NCC(=O)O[C@@H](C(=O)NC1CC1)c1ccccc1. The molecule has 1 atom stereocenters. The van der Waals surface area contributed by atoms with E-state index < -0.39 is 24.5 Å². The molecule has 1 fully saturated rings. The fourth-order valence-electron chi connectivity index (χ4n) is 2.47. The average Bonchev–Trinajstić information content (AvgIpc) is 3.37. The summed E-state index contributed by atoms with van der Waals surface area (Å²) in [4.78, 5) is 48.7. The second kappa shape index (κ2) is 9.83. The number of hydrogen-bond acceptors (Lipinski definition) is 6. The van der Waals surface area contributed by atoms with Crippen LogP contribution >= 0.6 is 11.3 Å². The largest absolute Gasteiger partial charge is 0.446 e. The number of carbonyl (C=O) groups excluding carboxylic acids is 4. The van der Waals surface area contributed by atoms with E-state index in [1.54, 1.807) is 47.8 Å². The zero-order chi connectivity index (χ0) is 20.6. The van der Waals surface area contributed by atoms with Crippen molar-refractivity contribution in [3.63, 3.8) is 0 Å². The summed E-state index contributed by atoms with van der Waals surface area (Å²) in [5.74, 6) is -2.03. The summed E-state index contributed by atoms with van der Waals surface area (Å²) < 4.78 is 5.31. The lowest BCUT2D eigenvalue weighted by molar-refractivity contribution is -0.156. The lowest BCUT2D eigenvalue weighted by Crippen LogP contribution is -2.40. The van der Waals surface area contributed by atoms with Crippen LogP contribution in [-0.2, 0) is 19.1 Å². The quantitative estimate of drug-likeness (QED) is 0.532. The molecule has 1 aromatic heterocycles. The molecule has 1 heterocycles. The predicted molar refractivity (Wildman–Crippen MR) is 106 cm³/mol. The van der Waals surface area contributed by atoms with Gasteiger partial charge in [0, 0.05) is 11.6 Å². The number of rotatable bonds is 9. The van der Waals surface area contributed by atoms with Gasteiger partial charge in [-0.2, -0.15) is 0 Å². The van der Waals surface area contributed by atoms with Crippen LogP contribution in [0.4, 0.5) is 0 Å². The number of benzene rings is 1. The van der Waals surface area contributed by atoms with Crippen LogP contribution in [0.25, 0.3) is 0 Å². The number of amides is 3. The van der Waals surface area contributed by atoms with Crippen molar-refractivity contribution in [1.29, 1.82) is 0 Å². The maximum atomic E-state index is 12.4. The lowest BCUT2D eigenvalue weighted by atomic mass is 10.1. The molecule has 9 heteroatoms. The van der Waals surface area contributed by atoms with E-state index in [1.807, 2.05) is 0 Å². The Balaban J connectivity index is 1.47. The van der Waals surface area contributed by atoms with Gasteiger partial charge in [-0.15, -0.1) is 11.3 Å². The molecule has 8 nitrogen and oxygen atoms in total. The van der Waals surface area contributed by atoms with E-state index in [9.17, 15) is 19.2 Å². The van der Waals surface area contributed by atoms with Gasteiger partial charge in [0.05, 0.1) is 11.4 Å². The van der Waals surface area contributed by atoms with Crippen LogP contribution in [0.5, 0.6) is 0 Å². The number of carbonyl (C=O) groups is 4. The van der Waals surface area contributed by atoms with Gasteiger partial charge in [0.15, 0.2) is 0 Å². The van der Waals surface area contributed by atoms with Crippen molar-refractivity contribution < 1.29 is 23.9 Å². The fraction of sp³-hybridized carbons (Fsp3) is 0.300. The van der Waals surface area contributed by atoms with Crippen molar-refractivity contribution in [3.05, 3.63) is 58.3 Å². The maximum absolute atomic E-state index is 12.4. The van der Waals surface area contributed by atoms with Gasteiger partial charge in [-0.3, -0.25) is 19.2 Å². The molecule has 1 saturated carbocycles. The fourth-order valence-corrected chi connectivity index (χ4v) is 3.11. The molecule has 2 aromatic rings. The van der Waals surface area contributed by atoms with Gasteiger partial charge in [0.2, 0.25) is 12.0 Å². The monoisotopic (exact) mass is 415 g/mol. The minimum Gasteiger partial charge on any atom is -0.446 e. The summed E-state index contributed by atoms with van der Waals surface area (Å²) in [7, 11) is 0. The molecule has 1 aromatic carbocycles. The molecule has 1 aliphatic rings.